The Morgan fingerprint density at radius 1 is 1.32 bits per heavy atom. The number of hydrogen-bond donors (Lipinski definition) is 2. The summed E-state index contributed by atoms with van der Waals surface area (Å²) in [5, 5.41) is 5.12. The van der Waals surface area contributed by atoms with Crippen molar-refractivity contribution in [1.29, 1.82) is 0 Å². The van der Waals surface area contributed by atoms with Crippen LogP contribution in [-0.4, -0.2) is 19.6 Å². The van der Waals surface area contributed by atoms with Crippen LogP contribution < -0.4 is 15.8 Å². The third-order valence-electron chi connectivity index (χ3n) is 3.56. The zero-order valence-electron chi connectivity index (χ0n) is 13.2. The lowest BCUT2D eigenvalue weighted by Gasteiger charge is -2.14. The van der Waals surface area contributed by atoms with E-state index in [1.165, 1.54) is 12.5 Å². The fourth-order valence-corrected chi connectivity index (χ4v) is 2.41. The summed E-state index contributed by atoms with van der Waals surface area (Å²) in [5.74, 6) is 0.817. The number of carbonyl (C=O) groups is 1. The molecule has 0 aliphatic rings. The monoisotopic (exact) mass is 322 g/mol. The zero-order valence-corrected chi connectivity index (χ0v) is 14.0. The number of ether oxygens (including phenoxy) is 1. The van der Waals surface area contributed by atoms with E-state index in [2.05, 4.69) is 17.4 Å². The maximum absolute atomic E-state index is 11.0. The molecule has 0 saturated carbocycles. The van der Waals surface area contributed by atoms with E-state index in [4.69, 9.17) is 10.5 Å². The minimum Gasteiger partial charge on any atom is -0.497 e. The summed E-state index contributed by atoms with van der Waals surface area (Å²) >= 11 is 0. The number of nitrogens with one attached hydrogen (secondary N) is 1. The first-order valence-electron chi connectivity index (χ1n) is 7.12. The molecule has 0 bridgehead atoms. The second-order valence-electron chi connectivity index (χ2n) is 5.29. The fourth-order valence-electron chi connectivity index (χ4n) is 2.41. The van der Waals surface area contributed by atoms with Crippen molar-refractivity contribution in [2.24, 2.45) is 5.73 Å². The van der Waals surface area contributed by atoms with Gasteiger partial charge in [-0.15, -0.1) is 12.4 Å². The van der Waals surface area contributed by atoms with Crippen molar-refractivity contribution < 1.29 is 9.53 Å². The molecule has 3 N–H and O–H groups in total. The van der Waals surface area contributed by atoms with Crippen molar-refractivity contribution in [1.82, 2.24) is 5.32 Å². The predicted molar refractivity (Wildman–Crippen MR) is 92.7 cm³/mol. The SMILES string of the molecule is COc1ccc2cc(C(C)N)cc(CCNC(C)=O)c2c1.Cl. The van der Waals surface area contributed by atoms with Crippen LogP contribution in [0.4, 0.5) is 0 Å². The molecule has 0 fully saturated rings. The molecular weight excluding hydrogens is 300 g/mol. The Morgan fingerprint density at radius 3 is 2.64 bits per heavy atom. The maximum atomic E-state index is 11.0. The van der Waals surface area contributed by atoms with E-state index in [0.717, 1.165) is 28.5 Å². The number of amides is 1. The van der Waals surface area contributed by atoms with Gasteiger partial charge in [0.05, 0.1) is 7.11 Å². The number of nitrogens with two attached hydrogens (primary N) is 1. The van der Waals surface area contributed by atoms with Gasteiger partial charge in [-0.3, -0.25) is 4.79 Å². The predicted octanol–water partition coefficient (Wildman–Crippen LogP) is 2.97. The Bertz CT molecular complexity index is 656. The Kier molecular flexibility index (Phi) is 6.65. The first kappa shape index (κ1) is 18.3. The van der Waals surface area contributed by atoms with Gasteiger partial charge < -0.3 is 15.8 Å². The van der Waals surface area contributed by atoms with Crippen LogP contribution in [-0.2, 0) is 11.2 Å². The summed E-state index contributed by atoms with van der Waals surface area (Å²) in [4.78, 5) is 11.0. The van der Waals surface area contributed by atoms with E-state index in [9.17, 15) is 4.79 Å². The Balaban J connectivity index is 0.00000242. The van der Waals surface area contributed by atoms with Crippen molar-refractivity contribution in [3.8, 4) is 5.75 Å². The minimum atomic E-state index is -0.0176. The normalized spacial score (nSPS) is 11.6. The Hall–Kier alpha value is -1.78. The second-order valence-corrected chi connectivity index (χ2v) is 5.29. The molecule has 2 rings (SSSR count). The molecule has 0 radical (unpaired) electrons. The quantitative estimate of drug-likeness (QED) is 0.889. The first-order valence-corrected chi connectivity index (χ1v) is 7.12. The third kappa shape index (κ3) is 4.36. The van der Waals surface area contributed by atoms with Crippen molar-refractivity contribution >= 4 is 29.1 Å². The molecule has 1 unspecified atom stereocenters. The molecule has 22 heavy (non-hydrogen) atoms. The fraction of sp³-hybridized carbons (Fsp3) is 0.353. The highest BCUT2D eigenvalue weighted by Crippen LogP contribution is 2.27. The first-order chi connectivity index (χ1) is 10.0. The van der Waals surface area contributed by atoms with Gasteiger partial charge >= 0.3 is 0 Å². The average Bonchev–Trinajstić information content (AvgIpc) is 2.46. The van der Waals surface area contributed by atoms with E-state index in [1.807, 2.05) is 25.1 Å². The second kappa shape index (κ2) is 8.01. The van der Waals surface area contributed by atoms with E-state index < -0.39 is 0 Å². The van der Waals surface area contributed by atoms with Gasteiger partial charge in [0.2, 0.25) is 5.91 Å². The molecule has 0 aliphatic heterocycles. The number of benzene rings is 2. The molecule has 1 atom stereocenters. The van der Waals surface area contributed by atoms with Crippen molar-refractivity contribution in [2.45, 2.75) is 26.3 Å². The van der Waals surface area contributed by atoms with Crippen LogP contribution >= 0.6 is 12.4 Å². The highest BCUT2D eigenvalue weighted by atomic mass is 35.5. The van der Waals surface area contributed by atoms with Gasteiger partial charge in [-0.2, -0.15) is 0 Å². The van der Waals surface area contributed by atoms with Gasteiger partial charge in [-0.25, -0.2) is 0 Å². The molecule has 120 valence electrons. The van der Waals surface area contributed by atoms with E-state index >= 15 is 0 Å². The Labute approximate surface area is 137 Å². The average molecular weight is 323 g/mol. The molecule has 2 aromatic carbocycles. The summed E-state index contributed by atoms with van der Waals surface area (Å²) in [6.45, 7) is 4.12. The largest absolute Gasteiger partial charge is 0.497 e. The molecule has 0 heterocycles. The van der Waals surface area contributed by atoms with Crippen LogP contribution in [0.25, 0.3) is 10.8 Å². The van der Waals surface area contributed by atoms with Gasteiger partial charge in [-0.1, -0.05) is 12.1 Å². The standard InChI is InChI=1S/C17H22N2O2.ClH/c1-11(18)15-8-13-4-5-16(21-3)10-17(13)14(9-15)6-7-19-12(2)20;/h4-5,8-11H,6-7,18H2,1-3H3,(H,19,20);1H. The zero-order chi connectivity index (χ0) is 15.4. The van der Waals surface area contributed by atoms with Crippen LogP contribution in [0.15, 0.2) is 30.3 Å². The van der Waals surface area contributed by atoms with Crippen molar-refractivity contribution in [3.05, 3.63) is 41.5 Å². The summed E-state index contributed by atoms with van der Waals surface area (Å²) in [6, 6.07) is 10.2. The highest BCUT2D eigenvalue weighted by molar-refractivity contribution is 5.88. The van der Waals surface area contributed by atoms with Crippen LogP contribution in [0.5, 0.6) is 5.75 Å². The lowest BCUT2D eigenvalue weighted by molar-refractivity contribution is -0.118. The molecule has 1 amide bonds. The third-order valence-corrected chi connectivity index (χ3v) is 3.56. The summed E-state index contributed by atoms with van der Waals surface area (Å²) in [7, 11) is 1.66. The summed E-state index contributed by atoms with van der Waals surface area (Å²) in [5.41, 5.74) is 8.29. The van der Waals surface area contributed by atoms with Gasteiger partial charge in [-0.05, 0) is 53.4 Å². The molecule has 0 aliphatic carbocycles. The number of methoxy groups -OCH3 is 1. The van der Waals surface area contributed by atoms with Crippen LogP contribution in [0.1, 0.15) is 31.0 Å². The summed E-state index contributed by atoms with van der Waals surface area (Å²) in [6.07, 6.45) is 0.768. The molecular formula is C17H23ClN2O2. The summed E-state index contributed by atoms with van der Waals surface area (Å²) < 4.78 is 5.30. The van der Waals surface area contributed by atoms with E-state index in [-0.39, 0.29) is 24.4 Å². The number of carbonyl (C=O) groups excluding carboxylic acids is 1. The van der Waals surface area contributed by atoms with Gasteiger partial charge in [0.25, 0.3) is 0 Å². The molecule has 0 spiro atoms. The van der Waals surface area contributed by atoms with Crippen LogP contribution in [0.2, 0.25) is 0 Å². The van der Waals surface area contributed by atoms with E-state index in [0.29, 0.717) is 6.54 Å². The maximum Gasteiger partial charge on any atom is 0.216 e. The van der Waals surface area contributed by atoms with Gasteiger partial charge in [0.1, 0.15) is 5.75 Å². The lowest BCUT2D eigenvalue weighted by atomic mass is 9.96. The lowest BCUT2D eigenvalue weighted by Crippen LogP contribution is -2.22. The topological polar surface area (TPSA) is 64.3 Å². The number of fused-ring (bicyclic) bond motifs is 1. The Morgan fingerprint density at radius 2 is 2.05 bits per heavy atom. The number of rotatable bonds is 5. The highest BCUT2D eigenvalue weighted by Gasteiger charge is 2.08. The van der Waals surface area contributed by atoms with Crippen LogP contribution in [0, 0.1) is 0 Å². The molecule has 4 nitrogen and oxygen atoms in total. The van der Waals surface area contributed by atoms with Crippen LogP contribution in [0.3, 0.4) is 0 Å². The smallest absolute Gasteiger partial charge is 0.216 e. The molecule has 0 saturated heterocycles. The van der Waals surface area contributed by atoms with Crippen molar-refractivity contribution in [3.63, 3.8) is 0 Å². The van der Waals surface area contributed by atoms with Gasteiger partial charge in [0, 0.05) is 19.5 Å². The van der Waals surface area contributed by atoms with Crippen molar-refractivity contribution in [2.75, 3.05) is 13.7 Å². The molecule has 2 aromatic rings. The molecule has 5 heteroatoms. The van der Waals surface area contributed by atoms with Gasteiger partial charge in [0.15, 0.2) is 0 Å². The number of hydrogen-bond acceptors (Lipinski definition) is 3. The molecule has 0 aromatic heterocycles. The van der Waals surface area contributed by atoms with E-state index in [1.54, 1.807) is 7.11 Å². The number of halogens is 1. The minimum absolute atomic E-state index is 0.